The van der Waals surface area contributed by atoms with Gasteiger partial charge in [0.25, 0.3) is 0 Å². The van der Waals surface area contributed by atoms with Crippen molar-refractivity contribution in [2.24, 2.45) is 0 Å². The predicted molar refractivity (Wildman–Crippen MR) is 38.9 cm³/mol. The van der Waals surface area contributed by atoms with E-state index in [0.29, 0.717) is 0 Å². The van der Waals surface area contributed by atoms with Crippen molar-refractivity contribution in [3.8, 4) is 0 Å². The van der Waals surface area contributed by atoms with E-state index in [1.807, 2.05) is 37.4 Å². The summed E-state index contributed by atoms with van der Waals surface area (Å²) < 4.78 is 0. The van der Waals surface area contributed by atoms with E-state index in [9.17, 15) is 0 Å². The molecule has 0 spiro atoms. The Morgan fingerprint density at radius 2 is 2.44 bits per heavy atom. The topological polar surface area (TPSA) is 12.9 Å². The van der Waals surface area contributed by atoms with Crippen LogP contribution in [-0.4, -0.2) is 4.98 Å². The Morgan fingerprint density at radius 1 is 1.56 bits per heavy atom. The zero-order valence-electron chi connectivity index (χ0n) is 5.41. The zero-order chi connectivity index (χ0) is 6.53. The Balaban J connectivity index is 2.85. The highest BCUT2D eigenvalue weighted by Gasteiger charge is 1.78. The second-order valence-electron chi connectivity index (χ2n) is 1.79. The minimum absolute atomic E-state index is 1.15. The molecule has 0 saturated heterocycles. The summed E-state index contributed by atoms with van der Waals surface area (Å²) in [6, 6.07) is 3.95. The van der Waals surface area contributed by atoms with Crippen LogP contribution in [-0.2, 0) is 0 Å². The second kappa shape index (κ2) is 3.02. The Kier molecular flexibility index (Phi) is 2.02. The number of pyridine rings is 1. The van der Waals surface area contributed by atoms with Gasteiger partial charge in [0, 0.05) is 12.4 Å². The van der Waals surface area contributed by atoms with E-state index in [1.54, 1.807) is 6.20 Å². The van der Waals surface area contributed by atoms with Crippen LogP contribution in [0.1, 0.15) is 12.5 Å². The first-order valence-electron chi connectivity index (χ1n) is 2.96. The molecule has 1 rings (SSSR count). The van der Waals surface area contributed by atoms with Gasteiger partial charge in [0.1, 0.15) is 0 Å². The maximum atomic E-state index is 3.95. The van der Waals surface area contributed by atoms with Crippen molar-refractivity contribution in [2.75, 3.05) is 0 Å². The van der Waals surface area contributed by atoms with Crippen LogP contribution in [0, 0.1) is 0 Å². The molecule has 0 unspecified atom stereocenters. The Bertz CT molecular complexity index is 189. The highest BCUT2D eigenvalue weighted by Crippen LogP contribution is 1.96. The number of aromatic nitrogens is 1. The Morgan fingerprint density at radius 3 is 3.00 bits per heavy atom. The van der Waals surface area contributed by atoms with Crippen molar-refractivity contribution >= 4 is 6.08 Å². The number of hydrogen-bond acceptors (Lipinski definition) is 1. The van der Waals surface area contributed by atoms with Crippen molar-refractivity contribution in [3.63, 3.8) is 0 Å². The third kappa shape index (κ3) is 1.68. The molecule has 9 heavy (non-hydrogen) atoms. The van der Waals surface area contributed by atoms with Crippen LogP contribution in [0.25, 0.3) is 6.08 Å². The molecule has 0 aromatic carbocycles. The zero-order valence-corrected chi connectivity index (χ0v) is 5.41. The summed E-state index contributed by atoms with van der Waals surface area (Å²) in [6.07, 6.45) is 7.62. The molecule has 46 valence electrons. The lowest BCUT2D eigenvalue weighted by molar-refractivity contribution is 1.32. The molecule has 0 amide bonds. The van der Waals surface area contributed by atoms with Crippen LogP contribution >= 0.6 is 0 Å². The molecule has 1 nitrogen and oxygen atoms in total. The van der Waals surface area contributed by atoms with Crippen molar-refractivity contribution in [1.29, 1.82) is 0 Å². The molecule has 1 heteroatoms. The second-order valence-corrected chi connectivity index (χ2v) is 1.79. The summed E-state index contributed by atoms with van der Waals surface area (Å²) in [6.45, 7) is 1.99. The molecule has 0 fully saturated rings. The number of allylic oxidation sites excluding steroid dienone is 1. The van der Waals surface area contributed by atoms with Gasteiger partial charge in [-0.15, -0.1) is 0 Å². The molecule has 0 bridgehead atoms. The summed E-state index contributed by atoms with van der Waals surface area (Å²) in [4.78, 5) is 3.95. The van der Waals surface area contributed by atoms with Crippen LogP contribution in [0.15, 0.2) is 30.6 Å². The minimum atomic E-state index is 1.15. The highest BCUT2D eigenvalue weighted by molar-refractivity contribution is 5.46. The van der Waals surface area contributed by atoms with Crippen LogP contribution in [0.2, 0.25) is 0 Å². The van der Waals surface area contributed by atoms with Gasteiger partial charge in [-0.1, -0.05) is 18.2 Å². The van der Waals surface area contributed by atoms with Gasteiger partial charge in [0.15, 0.2) is 0 Å². The van der Waals surface area contributed by atoms with Gasteiger partial charge in [-0.25, -0.2) is 0 Å². The third-order valence-corrected chi connectivity index (χ3v) is 1.04. The molecule has 0 N–H and O–H groups in total. The third-order valence-electron chi connectivity index (χ3n) is 1.04. The summed E-state index contributed by atoms with van der Waals surface area (Å²) in [5, 5.41) is 0. The lowest BCUT2D eigenvalue weighted by atomic mass is 10.3. The highest BCUT2D eigenvalue weighted by atomic mass is 14.6. The smallest absolute Gasteiger partial charge is 0.0340 e. The number of nitrogens with zero attached hydrogens (tertiary/aromatic N) is 1. The van der Waals surface area contributed by atoms with E-state index >= 15 is 0 Å². The molecule has 1 aromatic rings. The van der Waals surface area contributed by atoms with Crippen molar-refractivity contribution in [1.82, 2.24) is 4.98 Å². The van der Waals surface area contributed by atoms with Gasteiger partial charge >= 0.3 is 0 Å². The standard InChI is InChI=1S/C8H9N/c1-2-4-8-5-3-6-9-7-8/h2-7H,1H3/b4-2-. The lowest BCUT2D eigenvalue weighted by Crippen LogP contribution is -1.71. The van der Waals surface area contributed by atoms with Gasteiger partial charge < -0.3 is 0 Å². The summed E-state index contributed by atoms with van der Waals surface area (Å²) in [7, 11) is 0. The molecule has 0 aliphatic heterocycles. The van der Waals surface area contributed by atoms with Gasteiger partial charge in [-0.3, -0.25) is 4.98 Å². The van der Waals surface area contributed by atoms with Crippen molar-refractivity contribution < 1.29 is 0 Å². The molecule has 1 heterocycles. The van der Waals surface area contributed by atoms with Crippen LogP contribution in [0.3, 0.4) is 0 Å². The van der Waals surface area contributed by atoms with Crippen molar-refractivity contribution in [2.45, 2.75) is 6.92 Å². The van der Waals surface area contributed by atoms with E-state index in [0.717, 1.165) is 5.56 Å². The van der Waals surface area contributed by atoms with Gasteiger partial charge in [0.05, 0.1) is 0 Å². The maximum absolute atomic E-state index is 3.95. The lowest BCUT2D eigenvalue weighted by Gasteiger charge is -1.86. The van der Waals surface area contributed by atoms with E-state index in [4.69, 9.17) is 0 Å². The van der Waals surface area contributed by atoms with E-state index in [-0.39, 0.29) is 0 Å². The van der Waals surface area contributed by atoms with Gasteiger partial charge in [0.2, 0.25) is 0 Å². The predicted octanol–water partition coefficient (Wildman–Crippen LogP) is 2.11. The molecule has 0 saturated carbocycles. The largest absolute Gasteiger partial charge is 0.264 e. The monoisotopic (exact) mass is 119 g/mol. The summed E-state index contributed by atoms with van der Waals surface area (Å²) >= 11 is 0. The first-order valence-corrected chi connectivity index (χ1v) is 2.96. The molecule has 0 atom stereocenters. The van der Waals surface area contributed by atoms with Gasteiger partial charge in [-0.2, -0.15) is 0 Å². The Labute approximate surface area is 55.1 Å². The van der Waals surface area contributed by atoms with Gasteiger partial charge in [-0.05, 0) is 18.6 Å². The fourth-order valence-corrected chi connectivity index (χ4v) is 0.667. The molecule has 1 aromatic heterocycles. The number of hydrogen-bond donors (Lipinski definition) is 0. The quantitative estimate of drug-likeness (QED) is 0.551. The molecular weight excluding hydrogens is 110 g/mol. The van der Waals surface area contributed by atoms with E-state index < -0.39 is 0 Å². The van der Waals surface area contributed by atoms with E-state index in [1.165, 1.54) is 0 Å². The number of rotatable bonds is 1. The summed E-state index contributed by atoms with van der Waals surface area (Å²) in [5.41, 5.74) is 1.15. The van der Waals surface area contributed by atoms with Crippen LogP contribution in [0.4, 0.5) is 0 Å². The van der Waals surface area contributed by atoms with Crippen LogP contribution < -0.4 is 0 Å². The molecular formula is C8H9N. The first-order chi connectivity index (χ1) is 4.43. The fourth-order valence-electron chi connectivity index (χ4n) is 0.667. The average Bonchev–Trinajstić information content (AvgIpc) is 1.91. The average molecular weight is 119 g/mol. The van der Waals surface area contributed by atoms with Crippen molar-refractivity contribution in [3.05, 3.63) is 36.2 Å². The molecule has 0 aliphatic carbocycles. The van der Waals surface area contributed by atoms with Crippen LogP contribution in [0.5, 0.6) is 0 Å². The Hall–Kier alpha value is -1.11. The first kappa shape index (κ1) is 6.02. The minimum Gasteiger partial charge on any atom is -0.264 e. The molecule has 0 radical (unpaired) electrons. The molecule has 0 aliphatic rings. The maximum Gasteiger partial charge on any atom is 0.0340 e. The normalized spacial score (nSPS) is 10.3. The van der Waals surface area contributed by atoms with E-state index in [2.05, 4.69) is 4.98 Å². The summed E-state index contributed by atoms with van der Waals surface area (Å²) in [5.74, 6) is 0. The fraction of sp³-hybridized carbons (Fsp3) is 0.125. The SMILES string of the molecule is C/C=C\c1cccnc1.